The van der Waals surface area contributed by atoms with Gasteiger partial charge in [-0.15, -0.1) is 0 Å². The molecule has 0 radical (unpaired) electrons. The maximum atomic E-state index is 10.4. The van der Waals surface area contributed by atoms with Gasteiger partial charge in [0, 0.05) is 16.0 Å². The molecule has 0 saturated carbocycles. The van der Waals surface area contributed by atoms with Gasteiger partial charge in [-0.2, -0.15) is 0 Å². The Balaban J connectivity index is 3.38. The Kier molecular flexibility index (Phi) is 3.33. The molecule has 0 atom stereocenters. The van der Waals surface area contributed by atoms with Crippen molar-refractivity contribution in [2.45, 2.75) is 0 Å². The van der Waals surface area contributed by atoms with Crippen LogP contribution in [-0.4, -0.2) is 23.5 Å². The molecule has 0 heterocycles. The van der Waals surface area contributed by atoms with Crippen molar-refractivity contribution in [1.82, 2.24) is 0 Å². The van der Waals surface area contributed by atoms with Gasteiger partial charge in [0.1, 0.15) is 0 Å². The smallest absolute Gasteiger partial charge is 0.423 e. The summed E-state index contributed by atoms with van der Waals surface area (Å²) in [5.74, 6) is 0. The largest absolute Gasteiger partial charge is 0.491 e. The number of aldehydes is 1. The fourth-order valence-corrected chi connectivity index (χ4v) is 1.52. The van der Waals surface area contributed by atoms with Crippen LogP contribution < -0.4 is 5.46 Å². The third-order valence-electron chi connectivity index (χ3n) is 1.54. The van der Waals surface area contributed by atoms with Gasteiger partial charge in [-0.1, -0.05) is 23.2 Å². The van der Waals surface area contributed by atoms with Gasteiger partial charge in [0.05, 0.1) is 5.02 Å². The lowest BCUT2D eigenvalue weighted by atomic mass is 9.79. The highest BCUT2D eigenvalue weighted by Crippen LogP contribution is 2.17. The van der Waals surface area contributed by atoms with Crippen LogP contribution in [-0.2, 0) is 0 Å². The molecule has 3 nitrogen and oxygen atoms in total. The zero-order valence-electron chi connectivity index (χ0n) is 6.37. The van der Waals surface area contributed by atoms with Gasteiger partial charge in [-0.25, -0.2) is 0 Å². The molecule has 1 aromatic rings. The summed E-state index contributed by atoms with van der Waals surface area (Å²) in [6.45, 7) is 0. The molecular formula is C7H5BCl2O3. The first kappa shape index (κ1) is 10.5. The molecule has 0 aromatic heterocycles. The van der Waals surface area contributed by atoms with Crippen molar-refractivity contribution in [3.63, 3.8) is 0 Å². The van der Waals surface area contributed by atoms with Crippen LogP contribution >= 0.6 is 23.2 Å². The van der Waals surface area contributed by atoms with E-state index in [1.54, 1.807) is 0 Å². The molecule has 0 saturated heterocycles. The van der Waals surface area contributed by atoms with Crippen molar-refractivity contribution in [3.05, 3.63) is 27.7 Å². The predicted octanol–water partition coefficient (Wildman–Crippen LogP) is 0.486. The van der Waals surface area contributed by atoms with Crippen molar-refractivity contribution in [3.8, 4) is 0 Å². The second kappa shape index (κ2) is 4.11. The lowest BCUT2D eigenvalue weighted by molar-refractivity contribution is 0.112. The summed E-state index contributed by atoms with van der Waals surface area (Å²) in [7, 11) is -1.78. The lowest BCUT2D eigenvalue weighted by Crippen LogP contribution is -2.32. The Hall–Kier alpha value is -0.545. The maximum absolute atomic E-state index is 10.4. The Morgan fingerprint density at radius 2 is 1.92 bits per heavy atom. The summed E-state index contributed by atoms with van der Waals surface area (Å²) in [4.78, 5) is 10.4. The van der Waals surface area contributed by atoms with E-state index in [1.165, 1.54) is 12.1 Å². The molecule has 68 valence electrons. The van der Waals surface area contributed by atoms with Gasteiger partial charge in [0.2, 0.25) is 0 Å². The molecule has 0 amide bonds. The lowest BCUT2D eigenvalue weighted by Gasteiger charge is -2.06. The third kappa shape index (κ3) is 2.03. The van der Waals surface area contributed by atoms with Crippen LogP contribution in [0.15, 0.2) is 12.1 Å². The van der Waals surface area contributed by atoms with Gasteiger partial charge in [0.15, 0.2) is 6.29 Å². The number of carbonyl (C=O) groups is 1. The Bertz CT molecular complexity index is 341. The van der Waals surface area contributed by atoms with Crippen LogP contribution in [0.5, 0.6) is 0 Å². The van der Waals surface area contributed by atoms with Crippen LogP contribution in [0.2, 0.25) is 10.0 Å². The predicted molar refractivity (Wildman–Crippen MR) is 51.7 cm³/mol. The van der Waals surface area contributed by atoms with Gasteiger partial charge in [0.25, 0.3) is 0 Å². The highest BCUT2D eigenvalue weighted by atomic mass is 35.5. The Morgan fingerprint density at radius 3 is 2.38 bits per heavy atom. The molecule has 0 aliphatic carbocycles. The van der Waals surface area contributed by atoms with Crippen LogP contribution in [0.3, 0.4) is 0 Å². The van der Waals surface area contributed by atoms with E-state index in [1.807, 2.05) is 0 Å². The van der Waals surface area contributed by atoms with Gasteiger partial charge >= 0.3 is 7.12 Å². The molecule has 1 rings (SSSR count). The SMILES string of the molecule is O=Cc1ccc(Cl)c(B(O)O)c1Cl. The van der Waals surface area contributed by atoms with Gasteiger partial charge < -0.3 is 10.0 Å². The van der Waals surface area contributed by atoms with E-state index in [0.717, 1.165) is 0 Å². The summed E-state index contributed by atoms with van der Waals surface area (Å²) < 4.78 is 0. The zero-order chi connectivity index (χ0) is 10.0. The molecule has 0 fully saturated rings. The van der Waals surface area contributed by atoms with Gasteiger partial charge in [-0.05, 0) is 12.1 Å². The maximum Gasteiger partial charge on any atom is 0.491 e. The van der Waals surface area contributed by atoms with Crippen LogP contribution in [0.25, 0.3) is 0 Å². The van der Waals surface area contributed by atoms with E-state index in [4.69, 9.17) is 33.2 Å². The van der Waals surface area contributed by atoms with E-state index in [9.17, 15) is 4.79 Å². The zero-order valence-corrected chi connectivity index (χ0v) is 7.88. The quantitative estimate of drug-likeness (QED) is 0.561. The summed E-state index contributed by atoms with van der Waals surface area (Å²) >= 11 is 11.3. The van der Waals surface area contributed by atoms with Crippen molar-refractivity contribution in [2.24, 2.45) is 0 Å². The minimum atomic E-state index is -1.78. The number of halogens is 2. The number of rotatable bonds is 2. The number of carbonyl (C=O) groups excluding carboxylic acids is 1. The Morgan fingerprint density at radius 1 is 1.31 bits per heavy atom. The number of hydrogen-bond acceptors (Lipinski definition) is 3. The third-order valence-corrected chi connectivity index (χ3v) is 2.29. The van der Waals surface area contributed by atoms with Crippen LogP contribution in [0.1, 0.15) is 10.4 Å². The van der Waals surface area contributed by atoms with E-state index in [-0.39, 0.29) is 21.1 Å². The second-order valence-electron chi connectivity index (χ2n) is 2.36. The summed E-state index contributed by atoms with van der Waals surface area (Å²) in [6, 6.07) is 2.79. The first-order valence-corrected chi connectivity index (χ1v) is 4.12. The summed E-state index contributed by atoms with van der Waals surface area (Å²) in [5.41, 5.74) is 0.127. The first-order chi connectivity index (χ1) is 6.07. The topological polar surface area (TPSA) is 57.5 Å². The van der Waals surface area contributed by atoms with E-state index < -0.39 is 7.12 Å². The molecule has 1 aromatic carbocycles. The molecule has 0 spiro atoms. The molecule has 0 aliphatic rings. The number of hydrogen-bond donors (Lipinski definition) is 2. The average molecular weight is 219 g/mol. The van der Waals surface area contributed by atoms with Gasteiger partial charge in [-0.3, -0.25) is 4.79 Å². The fourth-order valence-electron chi connectivity index (χ4n) is 0.914. The molecule has 0 bridgehead atoms. The summed E-state index contributed by atoms with van der Waals surface area (Å²) in [5, 5.41) is 17.8. The van der Waals surface area contributed by atoms with E-state index >= 15 is 0 Å². The molecule has 2 N–H and O–H groups in total. The second-order valence-corrected chi connectivity index (χ2v) is 3.14. The standard InChI is InChI=1S/C7H5BCl2O3/c9-5-2-1-4(3-11)7(10)6(5)8(12)13/h1-3,12-13H. The first-order valence-electron chi connectivity index (χ1n) is 3.37. The van der Waals surface area contributed by atoms with Crippen molar-refractivity contribution in [2.75, 3.05) is 0 Å². The highest BCUT2D eigenvalue weighted by molar-refractivity contribution is 6.66. The van der Waals surface area contributed by atoms with Crippen molar-refractivity contribution in [1.29, 1.82) is 0 Å². The van der Waals surface area contributed by atoms with Crippen molar-refractivity contribution < 1.29 is 14.8 Å². The van der Waals surface area contributed by atoms with Crippen LogP contribution in [0, 0.1) is 0 Å². The van der Waals surface area contributed by atoms with E-state index in [0.29, 0.717) is 6.29 Å². The molecule has 13 heavy (non-hydrogen) atoms. The van der Waals surface area contributed by atoms with Crippen molar-refractivity contribution >= 4 is 42.1 Å². The monoisotopic (exact) mass is 218 g/mol. The molecule has 0 unspecified atom stereocenters. The molecular weight excluding hydrogens is 214 g/mol. The van der Waals surface area contributed by atoms with Crippen LogP contribution in [0.4, 0.5) is 0 Å². The van der Waals surface area contributed by atoms with E-state index in [2.05, 4.69) is 0 Å². The molecule has 0 aliphatic heterocycles. The fraction of sp³-hybridized carbons (Fsp3) is 0. The minimum absolute atomic E-state index is 0.0301. The molecule has 6 heteroatoms. The minimum Gasteiger partial charge on any atom is -0.423 e. The average Bonchev–Trinajstić information content (AvgIpc) is 2.04. The normalized spacial score (nSPS) is 9.85. The number of benzene rings is 1. The highest BCUT2D eigenvalue weighted by Gasteiger charge is 2.21. The summed E-state index contributed by atoms with van der Waals surface area (Å²) in [6.07, 6.45) is 0.518. The Labute approximate surface area is 85.0 Å².